The van der Waals surface area contributed by atoms with Gasteiger partial charge in [-0.15, -0.1) is 0 Å². The molecule has 106 valence electrons. The van der Waals surface area contributed by atoms with Crippen molar-refractivity contribution in [3.05, 3.63) is 51.7 Å². The van der Waals surface area contributed by atoms with Gasteiger partial charge in [-0.3, -0.25) is 0 Å². The van der Waals surface area contributed by atoms with Crippen molar-refractivity contribution in [3.63, 3.8) is 0 Å². The van der Waals surface area contributed by atoms with E-state index in [9.17, 15) is 0 Å². The highest BCUT2D eigenvalue weighted by Crippen LogP contribution is 2.24. The summed E-state index contributed by atoms with van der Waals surface area (Å²) in [5.74, 6) is 0.907. The largest absolute Gasteiger partial charge is 0.493 e. The van der Waals surface area contributed by atoms with Crippen LogP contribution in [0.5, 0.6) is 5.75 Å². The molecule has 1 N–H and O–H groups in total. The first-order valence-corrected chi connectivity index (χ1v) is 7.63. The minimum Gasteiger partial charge on any atom is -0.493 e. The standard InChI is InChI=1S/C15H16BrClN2O/c1-2-7-20-14-5-3-12(16)8-11(14)9-18-13-4-6-15(17)19-10-13/h3-6,8,10,18H,2,7,9H2,1H3. The number of nitrogens with zero attached hydrogens (tertiary/aromatic N) is 1. The van der Waals surface area contributed by atoms with Gasteiger partial charge in [0.2, 0.25) is 0 Å². The van der Waals surface area contributed by atoms with Crippen molar-refractivity contribution in [2.75, 3.05) is 11.9 Å². The molecule has 0 aliphatic carbocycles. The topological polar surface area (TPSA) is 34.1 Å². The van der Waals surface area contributed by atoms with Crippen molar-refractivity contribution in [1.82, 2.24) is 4.98 Å². The zero-order chi connectivity index (χ0) is 14.4. The maximum Gasteiger partial charge on any atom is 0.129 e. The average molecular weight is 356 g/mol. The van der Waals surface area contributed by atoms with Crippen molar-refractivity contribution in [2.24, 2.45) is 0 Å². The molecule has 5 heteroatoms. The molecule has 0 radical (unpaired) electrons. The van der Waals surface area contributed by atoms with Crippen LogP contribution in [-0.2, 0) is 6.54 Å². The second-order valence-electron chi connectivity index (χ2n) is 4.32. The second kappa shape index (κ2) is 7.50. The third kappa shape index (κ3) is 4.39. The van der Waals surface area contributed by atoms with E-state index in [4.69, 9.17) is 16.3 Å². The van der Waals surface area contributed by atoms with Crippen molar-refractivity contribution in [2.45, 2.75) is 19.9 Å². The number of benzene rings is 1. The monoisotopic (exact) mass is 354 g/mol. The van der Waals surface area contributed by atoms with E-state index < -0.39 is 0 Å². The van der Waals surface area contributed by atoms with Crippen molar-refractivity contribution in [1.29, 1.82) is 0 Å². The van der Waals surface area contributed by atoms with Crippen LogP contribution in [0.15, 0.2) is 41.0 Å². The Hall–Kier alpha value is -1.26. The molecule has 20 heavy (non-hydrogen) atoms. The van der Waals surface area contributed by atoms with E-state index >= 15 is 0 Å². The van der Waals surface area contributed by atoms with Crippen LogP contribution in [0.25, 0.3) is 0 Å². The number of aromatic nitrogens is 1. The SMILES string of the molecule is CCCOc1ccc(Br)cc1CNc1ccc(Cl)nc1. The summed E-state index contributed by atoms with van der Waals surface area (Å²) >= 11 is 9.25. The average Bonchev–Trinajstić information content (AvgIpc) is 2.46. The maximum atomic E-state index is 5.77. The fraction of sp³-hybridized carbons (Fsp3) is 0.267. The lowest BCUT2D eigenvalue weighted by Gasteiger charge is -2.13. The van der Waals surface area contributed by atoms with Crippen LogP contribution in [0.3, 0.4) is 0 Å². The van der Waals surface area contributed by atoms with E-state index in [-0.39, 0.29) is 0 Å². The number of anilines is 1. The van der Waals surface area contributed by atoms with Gasteiger partial charge in [0.1, 0.15) is 10.9 Å². The molecule has 0 aliphatic heterocycles. The van der Waals surface area contributed by atoms with Gasteiger partial charge >= 0.3 is 0 Å². The van der Waals surface area contributed by atoms with Crippen molar-refractivity contribution < 1.29 is 4.74 Å². The van der Waals surface area contributed by atoms with Gasteiger partial charge in [0, 0.05) is 16.6 Å². The van der Waals surface area contributed by atoms with Crippen LogP contribution in [0.1, 0.15) is 18.9 Å². The predicted octanol–water partition coefficient (Wildman–Crippen LogP) is 4.90. The third-order valence-electron chi connectivity index (χ3n) is 2.69. The molecular formula is C15H16BrClN2O. The molecule has 0 fully saturated rings. The van der Waals surface area contributed by atoms with E-state index in [0.29, 0.717) is 11.7 Å². The van der Waals surface area contributed by atoms with E-state index in [1.54, 1.807) is 12.3 Å². The normalized spacial score (nSPS) is 10.3. The molecule has 0 bridgehead atoms. The zero-order valence-corrected chi connectivity index (χ0v) is 13.5. The van der Waals surface area contributed by atoms with Gasteiger partial charge in [0.05, 0.1) is 18.5 Å². The van der Waals surface area contributed by atoms with Crippen molar-refractivity contribution in [3.8, 4) is 5.75 Å². The number of ether oxygens (including phenoxy) is 1. The first-order valence-electron chi connectivity index (χ1n) is 6.45. The Morgan fingerprint density at radius 2 is 2.15 bits per heavy atom. The summed E-state index contributed by atoms with van der Waals surface area (Å²) in [6.07, 6.45) is 2.71. The molecular weight excluding hydrogens is 340 g/mol. The summed E-state index contributed by atoms with van der Waals surface area (Å²) in [7, 11) is 0. The van der Waals surface area contributed by atoms with Gasteiger partial charge in [0.15, 0.2) is 0 Å². The second-order valence-corrected chi connectivity index (χ2v) is 5.63. The first kappa shape index (κ1) is 15.1. The number of hydrogen-bond donors (Lipinski definition) is 1. The highest BCUT2D eigenvalue weighted by molar-refractivity contribution is 9.10. The van der Waals surface area contributed by atoms with E-state index in [1.165, 1.54) is 0 Å². The fourth-order valence-electron chi connectivity index (χ4n) is 1.72. The zero-order valence-electron chi connectivity index (χ0n) is 11.2. The molecule has 0 atom stereocenters. The number of halogens is 2. The molecule has 2 aromatic rings. The Morgan fingerprint density at radius 3 is 2.85 bits per heavy atom. The molecule has 1 heterocycles. The minimum atomic E-state index is 0.491. The van der Waals surface area contributed by atoms with Crippen LogP contribution in [-0.4, -0.2) is 11.6 Å². The summed E-state index contributed by atoms with van der Waals surface area (Å²) in [6, 6.07) is 9.69. The van der Waals surface area contributed by atoms with Crippen LogP contribution >= 0.6 is 27.5 Å². The van der Waals surface area contributed by atoms with Crippen LogP contribution in [0.2, 0.25) is 5.15 Å². The maximum absolute atomic E-state index is 5.77. The smallest absolute Gasteiger partial charge is 0.129 e. The lowest BCUT2D eigenvalue weighted by atomic mass is 10.2. The van der Waals surface area contributed by atoms with Crippen LogP contribution < -0.4 is 10.1 Å². The molecule has 1 aromatic heterocycles. The Labute approximate surface area is 132 Å². The van der Waals surface area contributed by atoms with Gasteiger partial charge in [0.25, 0.3) is 0 Å². The highest BCUT2D eigenvalue weighted by Gasteiger charge is 2.05. The molecule has 0 aliphatic rings. The van der Waals surface area contributed by atoms with Gasteiger partial charge < -0.3 is 10.1 Å². The molecule has 1 aromatic carbocycles. The number of rotatable bonds is 6. The predicted molar refractivity (Wildman–Crippen MR) is 86.5 cm³/mol. The number of hydrogen-bond acceptors (Lipinski definition) is 3. The third-order valence-corrected chi connectivity index (χ3v) is 3.41. The Balaban J connectivity index is 2.07. The number of nitrogens with one attached hydrogen (secondary N) is 1. The van der Waals surface area contributed by atoms with Gasteiger partial charge in [-0.05, 0) is 36.8 Å². The van der Waals surface area contributed by atoms with Crippen LogP contribution in [0, 0.1) is 0 Å². The summed E-state index contributed by atoms with van der Waals surface area (Å²) < 4.78 is 6.79. The number of pyridine rings is 1. The fourth-order valence-corrected chi connectivity index (χ4v) is 2.24. The Kier molecular flexibility index (Phi) is 5.68. The van der Waals surface area contributed by atoms with Gasteiger partial charge in [-0.2, -0.15) is 0 Å². The lowest BCUT2D eigenvalue weighted by molar-refractivity contribution is 0.314. The molecule has 3 nitrogen and oxygen atoms in total. The van der Waals surface area contributed by atoms with E-state index in [2.05, 4.69) is 39.2 Å². The summed E-state index contributed by atoms with van der Waals surface area (Å²) in [5.41, 5.74) is 2.03. The first-order chi connectivity index (χ1) is 9.69. The summed E-state index contributed by atoms with van der Waals surface area (Å²) in [4.78, 5) is 4.04. The quantitative estimate of drug-likeness (QED) is 0.748. The molecule has 0 amide bonds. The summed E-state index contributed by atoms with van der Waals surface area (Å²) in [5, 5.41) is 3.80. The van der Waals surface area contributed by atoms with E-state index in [0.717, 1.165) is 34.5 Å². The molecule has 2 rings (SSSR count). The minimum absolute atomic E-state index is 0.491. The van der Waals surface area contributed by atoms with Crippen LogP contribution in [0.4, 0.5) is 5.69 Å². The lowest BCUT2D eigenvalue weighted by Crippen LogP contribution is -2.04. The molecule has 0 unspecified atom stereocenters. The molecule has 0 saturated heterocycles. The van der Waals surface area contributed by atoms with E-state index in [1.807, 2.05) is 18.2 Å². The van der Waals surface area contributed by atoms with Crippen molar-refractivity contribution >= 4 is 33.2 Å². The Bertz CT molecular complexity index is 560. The molecule has 0 saturated carbocycles. The molecule has 0 spiro atoms. The van der Waals surface area contributed by atoms with Gasteiger partial charge in [-0.25, -0.2) is 4.98 Å². The van der Waals surface area contributed by atoms with Gasteiger partial charge in [-0.1, -0.05) is 34.5 Å². The highest BCUT2D eigenvalue weighted by atomic mass is 79.9. The summed E-state index contributed by atoms with van der Waals surface area (Å²) in [6.45, 7) is 3.48. The Morgan fingerprint density at radius 1 is 1.30 bits per heavy atom.